The highest BCUT2D eigenvalue weighted by atomic mass is 16.5. The molecular weight excluding hydrogens is 328 g/mol. The number of ether oxygens (including phenoxy) is 1. The fourth-order valence-corrected chi connectivity index (χ4v) is 5.24. The van der Waals surface area contributed by atoms with Crippen LogP contribution in [-0.4, -0.2) is 30.5 Å². The zero-order valence-electron chi connectivity index (χ0n) is 15.4. The molecule has 1 aromatic rings. The summed E-state index contributed by atoms with van der Waals surface area (Å²) in [6, 6.07) is 8.06. The van der Waals surface area contributed by atoms with E-state index in [-0.39, 0.29) is 36.4 Å². The SMILES string of the molecule is Cc1cccc(OCC(=O)NC2CCC3C(C2)NC(=O)C2CCCC23)c1. The molecule has 3 fully saturated rings. The largest absolute Gasteiger partial charge is 0.484 e. The summed E-state index contributed by atoms with van der Waals surface area (Å²) in [6.07, 6.45) is 6.36. The molecule has 0 bridgehead atoms. The van der Waals surface area contributed by atoms with Crippen LogP contribution in [0.2, 0.25) is 0 Å². The van der Waals surface area contributed by atoms with E-state index in [1.807, 2.05) is 31.2 Å². The van der Waals surface area contributed by atoms with Gasteiger partial charge >= 0.3 is 0 Å². The fourth-order valence-electron chi connectivity index (χ4n) is 5.24. The van der Waals surface area contributed by atoms with Gasteiger partial charge in [0.05, 0.1) is 0 Å². The number of fused-ring (bicyclic) bond motifs is 3. The van der Waals surface area contributed by atoms with Crippen molar-refractivity contribution in [3.8, 4) is 5.75 Å². The van der Waals surface area contributed by atoms with Crippen LogP contribution in [0.4, 0.5) is 0 Å². The Morgan fingerprint density at radius 3 is 2.96 bits per heavy atom. The Balaban J connectivity index is 1.28. The summed E-state index contributed by atoms with van der Waals surface area (Å²) in [4.78, 5) is 24.6. The predicted molar refractivity (Wildman–Crippen MR) is 98.7 cm³/mol. The van der Waals surface area contributed by atoms with Gasteiger partial charge in [-0.3, -0.25) is 9.59 Å². The van der Waals surface area contributed by atoms with Crippen LogP contribution in [0, 0.1) is 24.7 Å². The summed E-state index contributed by atoms with van der Waals surface area (Å²) < 4.78 is 5.59. The molecule has 2 aliphatic carbocycles. The van der Waals surface area contributed by atoms with Gasteiger partial charge in [-0.15, -0.1) is 0 Å². The topological polar surface area (TPSA) is 67.4 Å². The van der Waals surface area contributed by atoms with E-state index in [1.165, 1.54) is 12.8 Å². The minimum Gasteiger partial charge on any atom is -0.484 e. The second-order valence-electron chi connectivity index (χ2n) is 8.16. The van der Waals surface area contributed by atoms with E-state index in [1.54, 1.807) is 0 Å². The molecule has 0 aromatic heterocycles. The van der Waals surface area contributed by atoms with Crippen LogP contribution >= 0.6 is 0 Å². The lowest BCUT2D eigenvalue weighted by Gasteiger charge is -2.45. The maximum absolute atomic E-state index is 12.3. The van der Waals surface area contributed by atoms with Crippen LogP contribution in [0.5, 0.6) is 5.75 Å². The number of aryl methyl sites for hydroxylation is 1. The molecule has 1 aromatic carbocycles. The molecular formula is C21H28N2O3. The Labute approximate surface area is 154 Å². The lowest BCUT2D eigenvalue weighted by Crippen LogP contribution is -2.57. The van der Waals surface area contributed by atoms with Crippen molar-refractivity contribution in [3.63, 3.8) is 0 Å². The highest BCUT2D eigenvalue weighted by Gasteiger charge is 2.48. The van der Waals surface area contributed by atoms with Crippen molar-refractivity contribution in [1.82, 2.24) is 10.6 Å². The predicted octanol–water partition coefficient (Wildman–Crippen LogP) is 2.57. The summed E-state index contributed by atoms with van der Waals surface area (Å²) in [6.45, 7) is 2.03. The molecule has 2 amide bonds. The Morgan fingerprint density at radius 2 is 2.12 bits per heavy atom. The number of carbonyl (C=O) groups excluding carboxylic acids is 2. The molecule has 1 heterocycles. The quantitative estimate of drug-likeness (QED) is 0.871. The van der Waals surface area contributed by atoms with Gasteiger partial charge in [0.1, 0.15) is 5.75 Å². The van der Waals surface area contributed by atoms with Crippen LogP contribution in [-0.2, 0) is 9.59 Å². The lowest BCUT2D eigenvalue weighted by atomic mass is 9.68. The summed E-state index contributed by atoms with van der Waals surface area (Å²) >= 11 is 0. The van der Waals surface area contributed by atoms with E-state index >= 15 is 0 Å². The minimum absolute atomic E-state index is 0.0328. The van der Waals surface area contributed by atoms with Gasteiger partial charge in [-0.1, -0.05) is 18.6 Å². The van der Waals surface area contributed by atoms with Crippen molar-refractivity contribution in [2.45, 2.75) is 57.5 Å². The molecule has 5 unspecified atom stereocenters. The third kappa shape index (κ3) is 3.57. The maximum atomic E-state index is 12.3. The summed E-state index contributed by atoms with van der Waals surface area (Å²) in [5.41, 5.74) is 1.11. The smallest absolute Gasteiger partial charge is 0.258 e. The van der Waals surface area contributed by atoms with E-state index in [4.69, 9.17) is 4.74 Å². The van der Waals surface area contributed by atoms with Gasteiger partial charge in [-0.05, 0) is 68.6 Å². The van der Waals surface area contributed by atoms with Crippen LogP contribution < -0.4 is 15.4 Å². The van der Waals surface area contributed by atoms with Gasteiger partial charge in [-0.2, -0.15) is 0 Å². The van der Waals surface area contributed by atoms with Crippen molar-refractivity contribution in [2.24, 2.45) is 17.8 Å². The van der Waals surface area contributed by atoms with Crippen molar-refractivity contribution in [3.05, 3.63) is 29.8 Å². The average Bonchev–Trinajstić information content (AvgIpc) is 3.11. The second-order valence-corrected chi connectivity index (χ2v) is 8.16. The molecule has 1 saturated heterocycles. The Bertz CT molecular complexity index is 690. The second kappa shape index (κ2) is 7.29. The number of hydrogen-bond acceptors (Lipinski definition) is 3. The van der Waals surface area contributed by atoms with E-state index < -0.39 is 0 Å². The van der Waals surface area contributed by atoms with E-state index in [2.05, 4.69) is 10.6 Å². The first-order chi connectivity index (χ1) is 12.6. The van der Waals surface area contributed by atoms with Crippen LogP contribution in [0.15, 0.2) is 24.3 Å². The molecule has 5 heteroatoms. The van der Waals surface area contributed by atoms with Gasteiger partial charge in [0.2, 0.25) is 5.91 Å². The van der Waals surface area contributed by atoms with E-state index in [0.717, 1.165) is 37.0 Å². The fraction of sp³-hybridized carbons (Fsp3) is 0.619. The first-order valence-corrected chi connectivity index (χ1v) is 9.89. The molecule has 4 rings (SSSR count). The Hall–Kier alpha value is -2.04. The number of benzene rings is 1. The summed E-state index contributed by atoms with van der Waals surface area (Å²) in [5.74, 6) is 2.27. The van der Waals surface area contributed by atoms with Gasteiger partial charge in [0.15, 0.2) is 6.61 Å². The number of hydrogen-bond donors (Lipinski definition) is 2. The third-order valence-corrected chi connectivity index (χ3v) is 6.41. The van der Waals surface area contributed by atoms with Crippen molar-refractivity contribution in [1.29, 1.82) is 0 Å². The molecule has 26 heavy (non-hydrogen) atoms. The van der Waals surface area contributed by atoms with Crippen molar-refractivity contribution in [2.75, 3.05) is 6.61 Å². The van der Waals surface area contributed by atoms with Gasteiger partial charge in [-0.25, -0.2) is 0 Å². The van der Waals surface area contributed by atoms with Gasteiger partial charge in [0, 0.05) is 18.0 Å². The molecule has 0 radical (unpaired) electrons. The van der Waals surface area contributed by atoms with Crippen molar-refractivity contribution < 1.29 is 14.3 Å². The molecule has 2 saturated carbocycles. The molecule has 5 atom stereocenters. The van der Waals surface area contributed by atoms with Crippen LogP contribution in [0.1, 0.15) is 44.1 Å². The Kier molecular flexibility index (Phi) is 4.88. The monoisotopic (exact) mass is 356 g/mol. The zero-order valence-corrected chi connectivity index (χ0v) is 15.4. The summed E-state index contributed by atoms with van der Waals surface area (Å²) in [7, 11) is 0. The first kappa shape index (κ1) is 17.4. The van der Waals surface area contributed by atoms with Crippen LogP contribution in [0.3, 0.4) is 0 Å². The third-order valence-electron chi connectivity index (χ3n) is 6.41. The standard InChI is InChI=1S/C21H28N2O3/c1-13-4-2-5-15(10-13)26-12-20(24)22-14-8-9-17-16-6-3-7-18(16)21(25)23-19(17)11-14/h2,4-5,10,14,16-19H,3,6-9,11-12H2,1H3,(H,22,24)(H,23,25). The molecule has 1 aliphatic heterocycles. The molecule has 0 spiro atoms. The molecule has 2 N–H and O–H groups in total. The zero-order chi connectivity index (χ0) is 18.1. The van der Waals surface area contributed by atoms with Crippen LogP contribution in [0.25, 0.3) is 0 Å². The normalized spacial score (nSPS) is 33.0. The molecule has 140 valence electrons. The number of piperidine rings is 1. The average molecular weight is 356 g/mol. The highest BCUT2D eigenvalue weighted by Crippen LogP contribution is 2.45. The number of carbonyl (C=O) groups is 2. The maximum Gasteiger partial charge on any atom is 0.258 e. The van der Waals surface area contributed by atoms with E-state index in [0.29, 0.717) is 11.8 Å². The number of amides is 2. The minimum atomic E-state index is -0.0872. The van der Waals surface area contributed by atoms with Crippen molar-refractivity contribution >= 4 is 11.8 Å². The van der Waals surface area contributed by atoms with Gasteiger partial charge < -0.3 is 15.4 Å². The first-order valence-electron chi connectivity index (χ1n) is 9.89. The van der Waals surface area contributed by atoms with E-state index in [9.17, 15) is 9.59 Å². The number of nitrogens with one attached hydrogen (secondary N) is 2. The molecule has 5 nitrogen and oxygen atoms in total. The van der Waals surface area contributed by atoms with Gasteiger partial charge in [0.25, 0.3) is 5.91 Å². The molecule has 3 aliphatic rings. The lowest BCUT2D eigenvalue weighted by molar-refractivity contribution is -0.132. The summed E-state index contributed by atoms with van der Waals surface area (Å²) in [5, 5.41) is 6.33. The Morgan fingerprint density at radius 1 is 1.23 bits per heavy atom. The highest BCUT2D eigenvalue weighted by molar-refractivity contribution is 5.81. The number of rotatable bonds is 4.